The summed E-state index contributed by atoms with van der Waals surface area (Å²) in [6, 6.07) is 49.4. The average Bonchev–Trinajstić information content (AvgIpc) is 4.02. The molecule has 11 rings (SSSR count). The number of imidazole rings is 1. The minimum Gasteiger partial charge on any atom is -0.354 e. The van der Waals surface area contributed by atoms with Gasteiger partial charge in [-0.2, -0.15) is 8.78 Å². The molecule has 0 spiro atoms. The zero-order valence-electron chi connectivity index (χ0n) is 41.7. The molecule has 70 heavy (non-hydrogen) atoms. The first-order chi connectivity index (χ1) is 33.4. The van der Waals surface area contributed by atoms with Gasteiger partial charge in [-0.1, -0.05) is 154 Å². The molecule has 4 aromatic heterocycles. The topological polar surface area (TPSA) is 51.4 Å². The molecule has 0 aliphatic rings. The first kappa shape index (κ1) is 45.1. The normalized spacial score (nSPS) is 12.8. The van der Waals surface area contributed by atoms with Crippen molar-refractivity contribution < 1.29 is 8.78 Å². The molecule has 0 aliphatic carbocycles. The van der Waals surface area contributed by atoms with Gasteiger partial charge >= 0.3 is 0 Å². The first-order valence-corrected chi connectivity index (χ1v) is 24.6. The Bertz CT molecular complexity index is 3800. The molecule has 350 valence electrons. The van der Waals surface area contributed by atoms with Crippen molar-refractivity contribution in [3.63, 3.8) is 0 Å². The number of fused-ring (bicyclic) bond motifs is 7. The van der Waals surface area contributed by atoms with E-state index in [1.54, 1.807) is 42.6 Å². The molecule has 0 saturated heterocycles. The lowest BCUT2D eigenvalue weighted by Gasteiger charge is -2.32. The maximum atomic E-state index is 16.2. The third-order valence-electron chi connectivity index (χ3n) is 14.3. The van der Waals surface area contributed by atoms with E-state index in [4.69, 9.17) is 9.97 Å². The summed E-state index contributed by atoms with van der Waals surface area (Å²) in [6.07, 6.45) is 1.77. The number of para-hydroxylation sites is 2. The largest absolute Gasteiger partial charge is 0.354 e. The molecule has 0 aliphatic heterocycles. The van der Waals surface area contributed by atoms with Gasteiger partial charge in [0.2, 0.25) is 0 Å². The van der Waals surface area contributed by atoms with E-state index in [0.29, 0.717) is 17.7 Å². The number of alkyl halides is 2. The standard InChI is InChI=1S/C63H59F2N5/c1-37(2)45-34-48-51(36-46(45)38(3)4)67-59-49(35-50(61(5,6)7)57(56(48)59)62(8,9)10)60-68-58-43(24-19-25-53(58)69(60)42-22-15-12-16-23-42)39-27-29-44-47-33-41(63(64,65)40-20-13-11-14-21-40)28-30-52(47)70(54(44)32-39)55-26-17-18-31-66-55/h11-38,67H,1-10H3. The number of aromatic amines is 1. The minimum atomic E-state index is -3.19. The summed E-state index contributed by atoms with van der Waals surface area (Å²) in [5.74, 6) is -0.908. The van der Waals surface area contributed by atoms with Crippen LogP contribution in [0, 0.1) is 0 Å². The third-order valence-corrected chi connectivity index (χ3v) is 14.3. The Morgan fingerprint density at radius 3 is 1.91 bits per heavy atom. The Kier molecular flexibility index (Phi) is 10.5. The maximum Gasteiger partial charge on any atom is 0.298 e. The highest BCUT2D eigenvalue weighted by Crippen LogP contribution is 2.48. The molecular weight excluding hydrogens is 865 g/mol. The number of hydrogen-bond acceptors (Lipinski definition) is 2. The summed E-state index contributed by atoms with van der Waals surface area (Å²) >= 11 is 0. The average molecular weight is 924 g/mol. The molecule has 7 heteroatoms. The predicted octanol–water partition coefficient (Wildman–Crippen LogP) is 17.5. The van der Waals surface area contributed by atoms with Gasteiger partial charge in [-0.05, 0) is 117 Å². The van der Waals surface area contributed by atoms with Crippen LogP contribution < -0.4 is 0 Å². The van der Waals surface area contributed by atoms with Crippen LogP contribution in [0.4, 0.5) is 8.78 Å². The molecule has 0 atom stereocenters. The fraction of sp³-hybridized carbons (Fsp3) is 0.238. The van der Waals surface area contributed by atoms with Gasteiger partial charge in [0.15, 0.2) is 0 Å². The van der Waals surface area contributed by atoms with Crippen LogP contribution in [0.15, 0.2) is 158 Å². The zero-order valence-corrected chi connectivity index (χ0v) is 41.7. The molecule has 0 bridgehead atoms. The highest BCUT2D eigenvalue weighted by molar-refractivity contribution is 6.15. The Morgan fingerprint density at radius 2 is 1.24 bits per heavy atom. The van der Waals surface area contributed by atoms with E-state index in [1.165, 1.54) is 45.2 Å². The molecule has 4 heterocycles. The van der Waals surface area contributed by atoms with E-state index in [0.717, 1.165) is 72.1 Å². The number of nitrogens with zero attached hydrogens (tertiary/aromatic N) is 4. The summed E-state index contributed by atoms with van der Waals surface area (Å²) < 4.78 is 36.8. The molecule has 1 N–H and O–H groups in total. The van der Waals surface area contributed by atoms with Crippen LogP contribution in [0.5, 0.6) is 0 Å². The SMILES string of the molecule is CC(C)c1cc2[nH]c3c(-c4nc5c(-c6ccc7c8cc(C(F)(F)c9ccccc9)ccc8n(-c8ccccn8)c7c6)cccc5n4-c4ccccc4)cc(C(C)(C)C)c(C(C)(C)C)c3c2cc1C(C)C. The van der Waals surface area contributed by atoms with E-state index in [1.807, 2.05) is 18.2 Å². The van der Waals surface area contributed by atoms with Crippen LogP contribution in [0.25, 0.3) is 88.7 Å². The fourth-order valence-corrected chi connectivity index (χ4v) is 11.0. The summed E-state index contributed by atoms with van der Waals surface area (Å²) in [5.41, 5.74) is 14.6. The first-order valence-electron chi connectivity index (χ1n) is 24.6. The van der Waals surface area contributed by atoms with Gasteiger partial charge in [0.25, 0.3) is 5.92 Å². The van der Waals surface area contributed by atoms with Crippen molar-refractivity contribution in [2.45, 2.75) is 97.8 Å². The molecular formula is C63H59F2N5. The fourth-order valence-electron chi connectivity index (χ4n) is 11.0. The van der Waals surface area contributed by atoms with Gasteiger partial charge in [-0.15, -0.1) is 0 Å². The highest BCUT2D eigenvalue weighted by Gasteiger charge is 2.35. The second kappa shape index (κ2) is 16.4. The van der Waals surface area contributed by atoms with E-state index in [9.17, 15) is 0 Å². The lowest BCUT2D eigenvalue weighted by atomic mass is 9.72. The van der Waals surface area contributed by atoms with E-state index < -0.39 is 5.92 Å². The van der Waals surface area contributed by atoms with Gasteiger partial charge in [-0.25, -0.2) is 9.97 Å². The number of H-pyrrole nitrogens is 1. The van der Waals surface area contributed by atoms with Gasteiger partial charge in [0, 0.05) is 61.2 Å². The van der Waals surface area contributed by atoms with Crippen molar-refractivity contribution in [3.05, 3.63) is 191 Å². The number of rotatable bonds is 8. The van der Waals surface area contributed by atoms with Crippen LogP contribution >= 0.6 is 0 Å². The second-order valence-corrected chi connectivity index (χ2v) is 21.8. The Hall–Kier alpha value is -7.38. The Labute approximate surface area is 408 Å². The van der Waals surface area contributed by atoms with Crippen LogP contribution in [0.2, 0.25) is 0 Å². The van der Waals surface area contributed by atoms with E-state index >= 15 is 8.78 Å². The third kappa shape index (κ3) is 7.23. The lowest BCUT2D eigenvalue weighted by Crippen LogP contribution is -2.22. The quantitative estimate of drug-likeness (QED) is 0.165. The van der Waals surface area contributed by atoms with E-state index in [-0.39, 0.29) is 22.0 Å². The monoisotopic (exact) mass is 923 g/mol. The van der Waals surface area contributed by atoms with Crippen LogP contribution in [0.3, 0.4) is 0 Å². The van der Waals surface area contributed by atoms with Crippen molar-refractivity contribution in [1.29, 1.82) is 0 Å². The molecule has 11 aromatic rings. The number of benzene rings is 7. The highest BCUT2D eigenvalue weighted by atomic mass is 19.3. The molecule has 0 saturated carbocycles. The lowest BCUT2D eigenvalue weighted by molar-refractivity contribution is 0.0430. The minimum absolute atomic E-state index is 0.0434. The molecule has 0 radical (unpaired) electrons. The summed E-state index contributed by atoms with van der Waals surface area (Å²) in [5, 5.41) is 4.09. The van der Waals surface area contributed by atoms with E-state index in [2.05, 4.69) is 168 Å². The Balaban J connectivity index is 1.20. The van der Waals surface area contributed by atoms with Gasteiger partial charge < -0.3 is 4.98 Å². The number of aromatic nitrogens is 5. The maximum absolute atomic E-state index is 16.2. The molecule has 7 aromatic carbocycles. The molecule has 5 nitrogen and oxygen atoms in total. The number of halogens is 2. The van der Waals surface area contributed by atoms with Gasteiger partial charge in [0.1, 0.15) is 11.6 Å². The van der Waals surface area contributed by atoms with Crippen molar-refractivity contribution in [1.82, 2.24) is 24.1 Å². The molecule has 0 fully saturated rings. The molecule has 0 amide bonds. The van der Waals surface area contributed by atoms with Crippen LogP contribution in [-0.2, 0) is 16.8 Å². The summed E-state index contributed by atoms with van der Waals surface area (Å²) in [6.45, 7) is 23.2. The Morgan fingerprint density at radius 1 is 0.543 bits per heavy atom. The van der Waals surface area contributed by atoms with Crippen LogP contribution in [-0.4, -0.2) is 24.1 Å². The number of nitrogens with one attached hydrogen (secondary N) is 1. The van der Waals surface area contributed by atoms with Gasteiger partial charge in [0.05, 0.1) is 27.6 Å². The molecule has 0 unspecified atom stereocenters. The van der Waals surface area contributed by atoms with Crippen molar-refractivity contribution in [2.75, 3.05) is 0 Å². The number of hydrogen-bond donors (Lipinski definition) is 1. The van der Waals surface area contributed by atoms with Crippen molar-refractivity contribution in [2.24, 2.45) is 0 Å². The van der Waals surface area contributed by atoms with Gasteiger partial charge in [-0.3, -0.25) is 9.13 Å². The smallest absolute Gasteiger partial charge is 0.298 e. The second-order valence-electron chi connectivity index (χ2n) is 21.8. The number of pyridine rings is 1. The predicted molar refractivity (Wildman–Crippen MR) is 288 cm³/mol. The van der Waals surface area contributed by atoms with Crippen molar-refractivity contribution >= 4 is 54.6 Å². The zero-order chi connectivity index (χ0) is 49.0. The summed E-state index contributed by atoms with van der Waals surface area (Å²) in [7, 11) is 0. The summed E-state index contributed by atoms with van der Waals surface area (Å²) in [4.78, 5) is 14.6. The van der Waals surface area contributed by atoms with Crippen molar-refractivity contribution in [3.8, 4) is 34.0 Å². The van der Waals surface area contributed by atoms with Crippen LogP contribution in [0.1, 0.15) is 114 Å².